The number of nitrogens with one attached hydrogen (secondary N) is 13. The number of aliphatic carboxylic acids is 1. The van der Waals surface area contributed by atoms with E-state index in [4.69, 9.17) is 33.8 Å². The molecule has 5 heterocycles. The number of H-pyrrole nitrogens is 1. The lowest BCUT2D eigenvalue weighted by Crippen LogP contribution is -2.61. The SMILES string of the molecule is CC[C@H](C)[C@H](NC(=O)[C@H](CC(=O)O)NC(=O)[C@H](Cc1c[nH]c2ccccc12)NC(=O)[C@H](CCCCN)NC(=O)[C@@H]1CCCN1C(=O)[C@H](CC(C)C)NC(=O)[C@H](CCSC)NC(=O)[C@H](Cc1ccc(O)cc1)NC(=O)[C@H](CC1(C)N=N1)NC(=O)[C@H](CC(N)=O)NC(=O)[C@@H](NC(=O)CCNC(=S)Nc1ccc(-c2c3ccc(=O)cc-3oc3cc(O)ccc23)c(C(=O)O)c1)[C@@H](C)O)C(=O)N1CCC[C@H]1C(N)=O. The Balaban J connectivity index is 0.801. The Morgan fingerprint density at radius 1 is 0.612 bits per heavy atom. The van der Waals surface area contributed by atoms with Gasteiger partial charge >= 0.3 is 11.9 Å². The van der Waals surface area contributed by atoms with Crippen LogP contribution in [0.15, 0.2) is 129 Å². The summed E-state index contributed by atoms with van der Waals surface area (Å²) in [6.45, 7) is 9.76. The third kappa shape index (κ3) is 29.4. The fraction of sp³-hybridized carbons (Fsp3) is 0.468. The Morgan fingerprint density at radius 2 is 1.19 bits per heavy atom. The number of thiocarbonyl (C=S) groups is 1. The highest BCUT2D eigenvalue weighted by molar-refractivity contribution is 7.98. The number of aromatic hydroxyl groups is 2. The molecule has 5 aromatic rings. The van der Waals surface area contributed by atoms with Crippen molar-refractivity contribution in [3.8, 4) is 33.9 Å². The van der Waals surface area contributed by atoms with Crippen molar-refractivity contribution in [3.63, 3.8) is 0 Å². The van der Waals surface area contributed by atoms with Crippen LogP contribution in [0.1, 0.15) is 153 Å². The fourth-order valence-corrected chi connectivity index (χ4v) is 17.4. The predicted octanol–water partition coefficient (Wildman–Crippen LogP) is 1.91. The van der Waals surface area contributed by atoms with Crippen LogP contribution >= 0.6 is 24.0 Å². The molecule has 2 saturated heterocycles. The number of anilines is 1. The van der Waals surface area contributed by atoms with Gasteiger partial charge in [0.1, 0.15) is 95.3 Å². The van der Waals surface area contributed by atoms with Crippen LogP contribution in [0.2, 0.25) is 0 Å². The molecule has 1 aromatic heterocycles. The highest BCUT2D eigenvalue weighted by atomic mass is 32.2. The lowest BCUT2D eigenvalue weighted by Gasteiger charge is -2.32. The minimum Gasteiger partial charge on any atom is -0.508 e. The number of carboxylic acids is 2. The number of aromatic carboxylic acids is 1. The van der Waals surface area contributed by atoms with Gasteiger partial charge in [-0.1, -0.05) is 70.5 Å². The van der Waals surface area contributed by atoms with Gasteiger partial charge < -0.3 is 126 Å². The molecule has 43 nitrogen and oxygen atoms in total. The zero-order chi connectivity index (χ0) is 101. The number of aliphatic hydroxyl groups excluding tert-OH is 1. The number of fused-ring (bicyclic) bond motifs is 3. The molecular formula is C94H120N20O23S2. The molecule has 0 bridgehead atoms. The topological polar surface area (TPSA) is 674 Å². The van der Waals surface area contributed by atoms with Gasteiger partial charge in [-0.15, -0.1) is 0 Å². The summed E-state index contributed by atoms with van der Waals surface area (Å²) in [5.41, 5.74) is 18.2. The number of primary amides is 2. The molecule has 0 spiro atoms. The number of hydrogen-bond donors (Lipinski definition) is 21. The highest BCUT2D eigenvalue weighted by Gasteiger charge is 2.46. The summed E-state index contributed by atoms with van der Waals surface area (Å²) in [7, 11) is 0. The summed E-state index contributed by atoms with van der Waals surface area (Å²) in [5, 5.41) is 92.9. The number of nitrogens with two attached hydrogens (primary N) is 3. The van der Waals surface area contributed by atoms with E-state index < -0.39 is 211 Å². The summed E-state index contributed by atoms with van der Waals surface area (Å²) in [4.78, 5) is 245. The van der Waals surface area contributed by atoms with Crippen LogP contribution in [-0.2, 0) is 84.8 Å². The van der Waals surface area contributed by atoms with Gasteiger partial charge in [0, 0.05) is 96.8 Å². The zero-order valence-corrected chi connectivity index (χ0v) is 79.5. The smallest absolute Gasteiger partial charge is 0.336 e. The van der Waals surface area contributed by atoms with Gasteiger partial charge in [0.15, 0.2) is 16.2 Å². The fourth-order valence-electron chi connectivity index (χ4n) is 16.7. The number of aliphatic hydroxyl groups is 1. The van der Waals surface area contributed by atoms with Crippen molar-refractivity contribution in [3.05, 3.63) is 136 Å². The first kappa shape index (κ1) is 107. The maximum atomic E-state index is 15.3. The summed E-state index contributed by atoms with van der Waals surface area (Å²) < 4.78 is 5.92. The molecule has 139 heavy (non-hydrogen) atoms. The molecule has 0 unspecified atom stereocenters. The highest BCUT2D eigenvalue weighted by Crippen LogP contribution is 2.43. The number of nitrogens with zero attached hydrogens (tertiary/aromatic N) is 4. The number of amides is 14. The van der Waals surface area contributed by atoms with Gasteiger partial charge in [0.05, 0.1) is 24.5 Å². The Bertz CT molecular complexity index is 5790. The molecule has 14 atom stereocenters. The van der Waals surface area contributed by atoms with Gasteiger partial charge in [-0.2, -0.15) is 22.0 Å². The number of rotatable bonds is 50. The van der Waals surface area contributed by atoms with Crippen molar-refractivity contribution in [1.82, 2.24) is 73.3 Å². The van der Waals surface area contributed by atoms with Crippen LogP contribution in [0.4, 0.5) is 5.69 Å². The number of hydrogen-bond acceptors (Lipinski definition) is 26. The van der Waals surface area contributed by atoms with Crippen LogP contribution in [0.3, 0.4) is 0 Å². The van der Waals surface area contributed by atoms with E-state index in [9.17, 15) is 87.9 Å². The first-order valence-corrected chi connectivity index (χ1v) is 47.6. The number of benzene rings is 5. The summed E-state index contributed by atoms with van der Waals surface area (Å²) in [6.07, 6.45) is 0.262. The normalized spacial score (nSPS) is 16.8. The number of aromatic amines is 1. The average molecular weight is 1960 g/mol. The third-order valence-electron chi connectivity index (χ3n) is 24.3. The molecule has 2 fully saturated rings. The van der Waals surface area contributed by atoms with Crippen LogP contribution in [-0.4, -0.2) is 263 Å². The van der Waals surface area contributed by atoms with Crippen molar-refractivity contribution in [1.29, 1.82) is 0 Å². The second kappa shape index (κ2) is 49.2. The van der Waals surface area contributed by atoms with Crippen molar-refractivity contribution in [2.24, 2.45) is 39.3 Å². The molecule has 0 saturated carbocycles. The molecule has 746 valence electrons. The first-order valence-electron chi connectivity index (χ1n) is 45.8. The Morgan fingerprint density at radius 3 is 1.83 bits per heavy atom. The van der Waals surface area contributed by atoms with Gasteiger partial charge in [-0.25, -0.2) is 4.79 Å². The lowest BCUT2D eigenvalue weighted by atomic mass is 9.90. The zero-order valence-electron chi connectivity index (χ0n) is 77.8. The molecular weight excluding hydrogens is 1840 g/mol. The lowest BCUT2D eigenvalue weighted by molar-refractivity contribution is -0.144. The summed E-state index contributed by atoms with van der Waals surface area (Å²) in [6, 6.07) is 6.96. The van der Waals surface area contributed by atoms with Gasteiger partial charge in [-0.05, 0) is 186 Å². The second-order valence-electron chi connectivity index (χ2n) is 35.5. The van der Waals surface area contributed by atoms with Crippen LogP contribution in [0.5, 0.6) is 11.5 Å². The monoisotopic (exact) mass is 1960 g/mol. The number of likely N-dealkylation sites (tertiary alicyclic amines) is 2. The second-order valence-corrected chi connectivity index (χ2v) is 36.9. The minimum atomic E-state index is -1.91. The Kier molecular flexibility index (Phi) is 37.8. The van der Waals surface area contributed by atoms with Gasteiger partial charge in [0.2, 0.25) is 82.7 Å². The number of unbranched alkanes of at least 4 members (excludes halogenated alkanes) is 1. The molecule has 10 rings (SSSR count). The molecule has 4 aromatic carbocycles. The summed E-state index contributed by atoms with van der Waals surface area (Å²) >= 11 is 6.78. The average Bonchev–Trinajstić information content (AvgIpc) is 1.70. The largest absolute Gasteiger partial charge is 0.508 e. The number of carbonyl (C=O) groups is 16. The molecule has 1 aliphatic carbocycles. The van der Waals surface area contributed by atoms with E-state index in [1.165, 1.54) is 101 Å². The van der Waals surface area contributed by atoms with Crippen molar-refractivity contribution in [2.45, 2.75) is 229 Å². The number of aromatic nitrogens is 1. The van der Waals surface area contributed by atoms with E-state index in [0.29, 0.717) is 64.2 Å². The summed E-state index contributed by atoms with van der Waals surface area (Å²) in [5.74, 6) is -16.8. The number of phenolic OH excluding ortho intramolecular Hbond substituents is 2. The molecule has 4 aliphatic heterocycles. The minimum absolute atomic E-state index is 0.00576. The number of carbonyl (C=O) groups excluding carboxylic acids is 14. The van der Waals surface area contributed by atoms with Crippen LogP contribution in [0.25, 0.3) is 44.3 Å². The van der Waals surface area contributed by atoms with Crippen molar-refractivity contribution < 1.29 is 107 Å². The molecule has 5 aliphatic rings. The maximum Gasteiger partial charge on any atom is 0.336 e. The molecule has 24 N–H and O–H groups in total. The van der Waals surface area contributed by atoms with E-state index in [2.05, 4.69) is 79.0 Å². The third-order valence-corrected chi connectivity index (χ3v) is 25.1. The van der Waals surface area contributed by atoms with Gasteiger partial charge in [-0.3, -0.25) is 76.7 Å². The maximum absolute atomic E-state index is 15.3. The quantitative estimate of drug-likeness (QED) is 0.0147. The Labute approximate surface area is 808 Å². The van der Waals surface area contributed by atoms with E-state index in [1.54, 1.807) is 70.5 Å². The van der Waals surface area contributed by atoms with Crippen LogP contribution in [0, 0.1) is 11.8 Å². The van der Waals surface area contributed by atoms with Crippen LogP contribution < -0.4 is 86.4 Å². The molecule has 0 radical (unpaired) electrons. The number of para-hydroxylation sites is 1. The number of carboxylic acid groups (broad SMARTS) is 2. The van der Waals surface area contributed by atoms with Gasteiger partial charge in [0.25, 0.3) is 0 Å². The molecule has 45 heteroatoms. The Hall–Kier alpha value is -14.2. The first-order chi connectivity index (χ1) is 66.1. The van der Waals surface area contributed by atoms with E-state index in [1.807, 2.05) is 0 Å². The van der Waals surface area contributed by atoms with E-state index in [0.717, 1.165) is 6.92 Å². The predicted molar refractivity (Wildman–Crippen MR) is 514 cm³/mol. The number of phenols is 2. The van der Waals surface area contributed by atoms with Crippen molar-refractivity contribution >= 4 is 151 Å². The molecule has 14 amide bonds. The van der Waals surface area contributed by atoms with Crippen molar-refractivity contribution in [2.75, 3.05) is 43.5 Å². The number of thioether (sulfide) groups is 1. The standard InChI is InChI=1S/C94H120N20O23S2/c1-8-48(4)78(91(134)113-34-13-18-70(113)80(97)123)110-86(129)67(44-76(121)122)105-84(127)65(39-51-46-99-61-16-10-9-15-56(51)61)104-81(124)62(17-11-12-32-95)102-88(131)71-19-14-35-114(71)90(133)68(37-47(2)3)107-82(125)63(31-36-139-7)101-83(126)64(38-50-20-23-53(116)24-21-50)103-87(130)69(45-94(6)111-112-94)108-85(128)66(43-74(96)119)106-89(132)79(49(5)115)109-75(120)30-33-98-93(138)100-52-22-27-57(60(40-52)92(135)136)77-58-28-25-54(117)41-72(58)137-73-42-55(118)26-29-59(73)77/h9-10,15-16,20-29,40-42,46-49,62-71,78-79,99,115-117H,8,11-14,17-19,30-39,43-45,95H2,1-7H3,(H2,96,119)(H2,97,123)(H,101,126)(H,102,131)(H,103,130)(H,104,124)(H,105,127)(H,106,132)(H,107,125)(H,108,128)(H,109,120)(H,110,129)(H,121,122)(H,135,136)(H2,98,100,138)/t48-,49+,62-,63-,64-,65-,66-,67-,68-,69-,70-,71-,78-,79-/m0/s1. The van der Waals surface area contributed by atoms with E-state index >= 15 is 19.2 Å². The van der Waals surface area contributed by atoms with E-state index in [-0.39, 0.29) is 139 Å².